The Morgan fingerprint density at radius 2 is 1.73 bits per heavy atom. The van der Waals surface area contributed by atoms with E-state index >= 15 is 0 Å². The molecule has 0 spiro atoms. The fourth-order valence-electron chi connectivity index (χ4n) is 1.86. The molecule has 1 amide bonds. The summed E-state index contributed by atoms with van der Waals surface area (Å²) in [6, 6.07) is 7.20. The summed E-state index contributed by atoms with van der Waals surface area (Å²) in [6.07, 6.45) is -3.87. The molecule has 1 fully saturated rings. The molecule has 1 aromatic rings. The van der Waals surface area contributed by atoms with Gasteiger partial charge in [0.25, 0.3) is 0 Å². The maximum absolute atomic E-state index is 11.9. The molecule has 0 radical (unpaired) electrons. The van der Waals surface area contributed by atoms with Crippen molar-refractivity contribution in [1.82, 2.24) is 5.32 Å². The number of aldehydes is 1. The van der Waals surface area contributed by atoms with Gasteiger partial charge in [0, 0.05) is 16.6 Å². The summed E-state index contributed by atoms with van der Waals surface area (Å²) in [5, 5.41) is 6.84. The Bertz CT molecular complexity index is 486. The molecule has 0 atom stereocenters. The first kappa shape index (κ1) is 18.4. The first-order valence-electron chi connectivity index (χ1n) is 6.62. The van der Waals surface area contributed by atoms with Crippen LogP contribution in [0.25, 0.3) is 0 Å². The van der Waals surface area contributed by atoms with Crippen LogP contribution in [0, 0.1) is 5.92 Å². The third-order valence-electron chi connectivity index (χ3n) is 2.96. The number of carbonyl (C=O) groups excluding carboxylic acids is 2. The number of benzene rings is 1. The van der Waals surface area contributed by atoms with E-state index in [0.29, 0.717) is 5.02 Å². The van der Waals surface area contributed by atoms with Gasteiger partial charge >= 0.3 is 6.18 Å². The number of alkyl halides is 3. The highest BCUT2D eigenvalue weighted by molar-refractivity contribution is 6.30. The lowest BCUT2D eigenvalue weighted by Gasteiger charge is -2.21. The zero-order chi connectivity index (χ0) is 16.6. The van der Waals surface area contributed by atoms with Gasteiger partial charge in [-0.15, -0.1) is 0 Å². The Morgan fingerprint density at radius 1 is 1.23 bits per heavy atom. The molecular formula is C14H16ClF3N2O2. The largest absolute Gasteiger partial charge is 0.446 e. The number of nitrogens with one attached hydrogen (secondary N) is 2. The highest BCUT2D eigenvalue weighted by atomic mass is 35.5. The normalized spacial score (nSPS) is 15.5. The summed E-state index contributed by atoms with van der Waals surface area (Å²) in [5.41, 5.74) is 0.813. The Balaban J connectivity index is 0.000000346. The average Bonchev–Trinajstić information content (AvgIpc) is 2.50. The van der Waals surface area contributed by atoms with Gasteiger partial charge in [0.1, 0.15) is 0 Å². The monoisotopic (exact) mass is 336 g/mol. The number of halogens is 4. The highest BCUT2D eigenvalue weighted by Gasteiger charge is 2.25. The zero-order valence-electron chi connectivity index (χ0n) is 11.6. The molecule has 1 aliphatic rings. The van der Waals surface area contributed by atoms with Crippen LogP contribution in [0.2, 0.25) is 5.02 Å². The van der Waals surface area contributed by atoms with E-state index in [1.165, 1.54) is 0 Å². The van der Waals surface area contributed by atoms with Crippen LogP contribution in [0.4, 0.5) is 18.9 Å². The maximum Gasteiger partial charge on any atom is 0.446 e. The molecule has 1 heterocycles. The van der Waals surface area contributed by atoms with Crippen molar-refractivity contribution < 1.29 is 22.8 Å². The zero-order valence-corrected chi connectivity index (χ0v) is 12.4. The summed E-state index contributed by atoms with van der Waals surface area (Å²) >= 11 is 5.78. The van der Waals surface area contributed by atoms with E-state index in [4.69, 9.17) is 16.4 Å². The van der Waals surface area contributed by atoms with Crippen LogP contribution in [0.15, 0.2) is 24.3 Å². The van der Waals surface area contributed by atoms with Crippen LogP contribution in [-0.4, -0.2) is 31.5 Å². The number of carbonyl (C=O) groups is 2. The van der Waals surface area contributed by atoms with Gasteiger partial charge in [-0.3, -0.25) is 9.59 Å². The second kappa shape index (κ2) is 8.75. The van der Waals surface area contributed by atoms with Gasteiger partial charge in [-0.25, -0.2) is 0 Å². The molecule has 122 valence electrons. The van der Waals surface area contributed by atoms with Crippen molar-refractivity contribution in [3.05, 3.63) is 29.3 Å². The van der Waals surface area contributed by atoms with Crippen LogP contribution in [0.1, 0.15) is 12.8 Å². The molecular weight excluding hydrogens is 321 g/mol. The van der Waals surface area contributed by atoms with Crippen molar-refractivity contribution in [3.8, 4) is 0 Å². The molecule has 0 unspecified atom stereocenters. The molecule has 2 N–H and O–H groups in total. The van der Waals surface area contributed by atoms with Crippen LogP contribution >= 0.6 is 11.6 Å². The molecule has 8 heteroatoms. The van der Waals surface area contributed by atoms with E-state index in [0.717, 1.165) is 31.6 Å². The van der Waals surface area contributed by atoms with Gasteiger partial charge < -0.3 is 10.6 Å². The van der Waals surface area contributed by atoms with Crippen LogP contribution < -0.4 is 10.6 Å². The number of hydrogen-bond acceptors (Lipinski definition) is 3. The van der Waals surface area contributed by atoms with Crippen molar-refractivity contribution in [2.75, 3.05) is 18.4 Å². The summed E-state index contributed by atoms with van der Waals surface area (Å²) in [4.78, 5) is 20.6. The minimum absolute atomic E-state index is 0.115. The molecule has 1 aromatic carbocycles. The van der Waals surface area contributed by atoms with E-state index in [1.807, 2.05) is 12.1 Å². The van der Waals surface area contributed by atoms with Crippen molar-refractivity contribution in [2.45, 2.75) is 19.0 Å². The van der Waals surface area contributed by atoms with Gasteiger partial charge in [-0.2, -0.15) is 13.2 Å². The quantitative estimate of drug-likeness (QED) is 0.816. The standard InChI is InChI=1S/C12H15ClN2O.C2HF3O/c13-10-1-3-11(4-2-10)15-12(16)9-5-7-14-8-6-9;3-2(4,5)1-6/h1-4,9,14H,5-8H2,(H,15,16);1H. The minimum atomic E-state index is -4.64. The van der Waals surface area contributed by atoms with Crippen LogP contribution in [0.5, 0.6) is 0 Å². The van der Waals surface area contributed by atoms with E-state index in [1.54, 1.807) is 12.1 Å². The molecule has 0 aliphatic carbocycles. The van der Waals surface area contributed by atoms with Gasteiger partial charge in [-0.1, -0.05) is 11.6 Å². The fourth-order valence-corrected chi connectivity index (χ4v) is 1.99. The lowest BCUT2D eigenvalue weighted by atomic mass is 9.97. The molecule has 0 aromatic heterocycles. The second-order valence-electron chi connectivity index (χ2n) is 4.68. The summed E-state index contributed by atoms with van der Waals surface area (Å²) in [6.45, 7) is 1.86. The van der Waals surface area contributed by atoms with Crippen LogP contribution in [0.3, 0.4) is 0 Å². The molecule has 0 bridgehead atoms. The Hall–Kier alpha value is -1.60. The maximum atomic E-state index is 11.9. The first-order valence-corrected chi connectivity index (χ1v) is 7.00. The molecule has 4 nitrogen and oxygen atoms in total. The second-order valence-corrected chi connectivity index (χ2v) is 5.12. The SMILES string of the molecule is O=C(Nc1ccc(Cl)cc1)C1CCNCC1.O=CC(F)(F)F. The predicted octanol–water partition coefficient (Wildman–Crippen LogP) is 3.03. The molecule has 1 aliphatic heterocycles. The van der Waals surface area contributed by atoms with E-state index in [9.17, 15) is 18.0 Å². The van der Waals surface area contributed by atoms with Crippen molar-refractivity contribution in [1.29, 1.82) is 0 Å². The number of amides is 1. The Kier molecular flexibility index (Phi) is 7.34. The lowest BCUT2D eigenvalue weighted by molar-refractivity contribution is -0.156. The fraction of sp³-hybridized carbons (Fsp3) is 0.429. The molecule has 1 saturated heterocycles. The van der Waals surface area contributed by atoms with Gasteiger partial charge in [0.2, 0.25) is 12.2 Å². The van der Waals surface area contributed by atoms with Crippen molar-refractivity contribution in [3.63, 3.8) is 0 Å². The van der Waals surface area contributed by atoms with Crippen molar-refractivity contribution in [2.24, 2.45) is 5.92 Å². The molecule has 22 heavy (non-hydrogen) atoms. The highest BCUT2D eigenvalue weighted by Crippen LogP contribution is 2.17. The van der Waals surface area contributed by atoms with Gasteiger partial charge in [0.05, 0.1) is 0 Å². The number of piperidine rings is 1. The van der Waals surface area contributed by atoms with Crippen molar-refractivity contribution >= 4 is 29.5 Å². The van der Waals surface area contributed by atoms with E-state index in [2.05, 4.69) is 10.6 Å². The third-order valence-corrected chi connectivity index (χ3v) is 3.21. The van der Waals surface area contributed by atoms with Gasteiger partial charge in [0.15, 0.2) is 0 Å². The Labute approximate surface area is 131 Å². The third kappa shape index (κ3) is 7.42. The minimum Gasteiger partial charge on any atom is -0.326 e. The summed E-state index contributed by atoms with van der Waals surface area (Å²) < 4.78 is 31.2. The Morgan fingerprint density at radius 3 is 2.18 bits per heavy atom. The predicted molar refractivity (Wildman–Crippen MR) is 77.8 cm³/mol. The first-order chi connectivity index (χ1) is 10.3. The van der Waals surface area contributed by atoms with E-state index in [-0.39, 0.29) is 11.8 Å². The van der Waals surface area contributed by atoms with Crippen LogP contribution in [-0.2, 0) is 9.59 Å². The summed E-state index contributed by atoms with van der Waals surface area (Å²) in [7, 11) is 0. The number of hydrogen-bond donors (Lipinski definition) is 2. The average molecular weight is 337 g/mol. The van der Waals surface area contributed by atoms with E-state index < -0.39 is 12.5 Å². The topological polar surface area (TPSA) is 58.2 Å². The number of anilines is 1. The smallest absolute Gasteiger partial charge is 0.326 e. The molecule has 2 rings (SSSR count). The lowest BCUT2D eigenvalue weighted by Crippen LogP contribution is -2.34. The summed E-state index contributed by atoms with van der Waals surface area (Å²) in [5.74, 6) is 0.251. The van der Waals surface area contributed by atoms with Gasteiger partial charge in [-0.05, 0) is 50.2 Å². The number of rotatable bonds is 2. The molecule has 0 saturated carbocycles.